The number of hydrogen-bond acceptors (Lipinski definition) is 5. The lowest BCUT2D eigenvalue weighted by molar-refractivity contribution is -0.132. The van der Waals surface area contributed by atoms with Crippen molar-refractivity contribution in [3.63, 3.8) is 0 Å². The van der Waals surface area contributed by atoms with E-state index in [2.05, 4.69) is 10.1 Å². The molecule has 10 nitrogen and oxygen atoms in total. The fraction of sp³-hybridized carbons (Fsp3) is 0.526. The van der Waals surface area contributed by atoms with E-state index in [0.29, 0.717) is 31.7 Å². The number of aromatic amines is 1. The van der Waals surface area contributed by atoms with E-state index in [1.54, 1.807) is 16.0 Å². The number of piperazine rings is 1. The summed E-state index contributed by atoms with van der Waals surface area (Å²) in [6, 6.07) is 1.26. The van der Waals surface area contributed by atoms with Gasteiger partial charge in [-0.2, -0.15) is 5.10 Å². The van der Waals surface area contributed by atoms with Crippen LogP contribution in [-0.2, 0) is 24.3 Å². The predicted molar refractivity (Wildman–Crippen MR) is 104 cm³/mol. The largest absolute Gasteiger partial charge is 0.339 e. The number of amides is 2. The van der Waals surface area contributed by atoms with Crippen molar-refractivity contribution in [3.05, 3.63) is 50.6 Å². The summed E-state index contributed by atoms with van der Waals surface area (Å²) in [5.74, 6) is -0.0850. The zero-order valence-corrected chi connectivity index (χ0v) is 16.2. The zero-order valence-electron chi connectivity index (χ0n) is 16.2. The SMILES string of the molecule is O=C(CCn1ccc(=O)[nH]c1=O)N1CCN(C(=O)c2cnn3c2CCCC3)CC1. The molecule has 0 bridgehead atoms. The van der Waals surface area contributed by atoms with Crippen LogP contribution < -0.4 is 11.2 Å². The molecule has 2 aromatic rings. The molecule has 1 N–H and O–H groups in total. The molecule has 1 saturated heterocycles. The minimum absolute atomic E-state index is 0.0139. The van der Waals surface area contributed by atoms with Gasteiger partial charge in [-0.25, -0.2) is 4.79 Å². The Morgan fingerprint density at radius 1 is 1.03 bits per heavy atom. The van der Waals surface area contributed by atoms with Crippen LogP contribution in [0.1, 0.15) is 35.3 Å². The van der Waals surface area contributed by atoms with Crippen LogP contribution in [0.5, 0.6) is 0 Å². The number of carbonyl (C=O) groups excluding carboxylic acids is 2. The van der Waals surface area contributed by atoms with Crippen LogP contribution in [0.25, 0.3) is 0 Å². The Morgan fingerprint density at radius 3 is 2.55 bits per heavy atom. The van der Waals surface area contributed by atoms with Crippen molar-refractivity contribution in [3.8, 4) is 0 Å². The summed E-state index contributed by atoms with van der Waals surface area (Å²) in [6.07, 6.45) is 6.27. The Balaban J connectivity index is 1.31. The van der Waals surface area contributed by atoms with Crippen molar-refractivity contribution < 1.29 is 9.59 Å². The fourth-order valence-corrected chi connectivity index (χ4v) is 3.92. The van der Waals surface area contributed by atoms with Gasteiger partial charge in [-0.1, -0.05) is 0 Å². The van der Waals surface area contributed by atoms with E-state index in [0.717, 1.165) is 31.5 Å². The Labute approximate surface area is 166 Å². The van der Waals surface area contributed by atoms with E-state index in [1.807, 2.05) is 4.68 Å². The number of aromatic nitrogens is 4. The molecule has 2 amide bonds. The van der Waals surface area contributed by atoms with Gasteiger partial charge in [-0.3, -0.25) is 24.0 Å². The number of H-pyrrole nitrogens is 1. The van der Waals surface area contributed by atoms with Gasteiger partial charge in [0.1, 0.15) is 0 Å². The average Bonchev–Trinajstić information content (AvgIpc) is 3.17. The molecule has 0 unspecified atom stereocenters. The molecule has 2 aliphatic rings. The molecular formula is C19H24N6O4. The van der Waals surface area contributed by atoms with Crippen molar-refractivity contribution in [2.24, 2.45) is 0 Å². The van der Waals surface area contributed by atoms with E-state index in [4.69, 9.17) is 0 Å². The highest BCUT2D eigenvalue weighted by atomic mass is 16.2. The Hall–Kier alpha value is -3.17. The summed E-state index contributed by atoms with van der Waals surface area (Å²) < 4.78 is 3.23. The maximum atomic E-state index is 12.9. The number of nitrogens with one attached hydrogen (secondary N) is 1. The molecule has 0 atom stereocenters. The number of hydrogen-bond donors (Lipinski definition) is 1. The molecule has 0 aromatic carbocycles. The number of rotatable bonds is 4. The van der Waals surface area contributed by atoms with Crippen molar-refractivity contribution in [1.29, 1.82) is 0 Å². The van der Waals surface area contributed by atoms with E-state index in [9.17, 15) is 19.2 Å². The van der Waals surface area contributed by atoms with Gasteiger partial charge in [0.2, 0.25) is 5.91 Å². The van der Waals surface area contributed by atoms with Gasteiger partial charge < -0.3 is 14.4 Å². The maximum absolute atomic E-state index is 12.9. The molecule has 0 radical (unpaired) electrons. The normalized spacial score (nSPS) is 16.6. The highest BCUT2D eigenvalue weighted by Gasteiger charge is 2.28. The molecular weight excluding hydrogens is 376 g/mol. The molecule has 10 heteroatoms. The van der Waals surface area contributed by atoms with Crippen LogP contribution in [0.15, 0.2) is 28.0 Å². The molecule has 2 aromatic heterocycles. The third-order valence-corrected chi connectivity index (χ3v) is 5.60. The summed E-state index contributed by atoms with van der Waals surface area (Å²) >= 11 is 0. The monoisotopic (exact) mass is 400 g/mol. The van der Waals surface area contributed by atoms with Gasteiger partial charge >= 0.3 is 5.69 Å². The minimum atomic E-state index is -0.523. The summed E-state index contributed by atoms with van der Waals surface area (Å²) in [4.78, 5) is 53.8. The summed E-state index contributed by atoms with van der Waals surface area (Å²) in [7, 11) is 0. The highest BCUT2D eigenvalue weighted by molar-refractivity contribution is 5.95. The first-order valence-electron chi connectivity index (χ1n) is 9.94. The number of nitrogens with zero attached hydrogens (tertiary/aromatic N) is 5. The number of fused-ring (bicyclic) bond motifs is 1. The van der Waals surface area contributed by atoms with E-state index in [-0.39, 0.29) is 24.8 Å². The zero-order chi connectivity index (χ0) is 20.4. The van der Waals surface area contributed by atoms with E-state index >= 15 is 0 Å². The second-order valence-corrected chi connectivity index (χ2v) is 7.41. The Kier molecular flexibility index (Phi) is 5.32. The molecule has 0 saturated carbocycles. The van der Waals surface area contributed by atoms with Crippen LogP contribution >= 0.6 is 0 Å². The third-order valence-electron chi connectivity index (χ3n) is 5.60. The molecule has 4 heterocycles. The van der Waals surface area contributed by atoms with E-state index < -0.39 is 11.2 Å². The van der Waals surface area contributed by atoms with Crippen molar-refractivity contribution in [1.82, 2.24) is 29.1 Å². The molecule has 29 heavy (non-hydrogen) atoms. The average molecular weight is 400 g/mol. The molecule has 1 fully saturated rings. The second-order valence-electron chi connectivity index (χ2n) is 7.41. The van der Waals surface area contributed by atoms with Gasteiger partial charge in [0.15, 0.2) is 0 Å². The second kappa shape index (κ2) is 8.06. The van der Waals surface area contributed by atoms with E-state index in [1.165, 1.54) is 16.8 Å². The lowest BCUT2D eigenvalue weighted by atomic mass is 10.1. The van der Waals surface area contributed by atoms with Crippen molar-refractivity contribution in [2.45, 2.75) is 38.8 Å². The lowest BCUT2D eigenvalue weighted by Gasteiger charge is -2.35. The molecule has 0 spiro atoms. The highest BCUT2D eigenvalue weighted by Crippen LogP contribution is 2.20. The van der Waals surface area contributed by atoms with Crippen LogP contribution in [-0.4, -0.2) is 67.1 Å². The smallest absolute Gasteiger partial charge is 0.328 e. The Morgan fingerprint density at radius 2 is 1.79 bits per heavy atom. The van der Waals surface area contributed by atoms with Gasteiger partial charge in [-0.05, 0) is 19.3 Å². The van der Waals surface area contributed by atoms with Crippen molar-refractivity contribution >= 4 is 11.8 Å². The first kappa shape index (κ1) is 19.2. The topological polar surface area (TPSA) is 113 Å². The number of aryl methyl sites for hydroxylation is 2. The Bertz CT molecular complexity index is 1030. The minimum Gasteiger partial charge on any atom is -0.339 e. The van der Waals surface area contributed by atoms with Gasteiger partial charge in [0.25, 0.3) is 11.5 Å². The summed E-state index contributed by atoms with van der Waals surface area (Å²) in [5.41, 5.74) is 0.719. The summed E-state index contributed by atoms with van der Waals surface area (Å²) in [5, 5.41) is 4.34. The van der Waals surface area contributed by atoms with Crippen LogP contribution in [0.2, 0.25) is 0 Å². The third kappa shape index (κ3) is 4.01. The quantitative estimate of drug-likeness (QED) is 0.739. The van der Waals surface area contributed by atoms with Gasteiger partial charge in [0.05, 0.1) is 17.5 Å². The first-order valence-corrected chi connectivity index (χ1v) is 9.94. The van der Waals surface area contributed by atoms with Crippen LogP contribution in [0.3, 0.4) is 0 Å². The fourth-order valence-electron chi connectivity index (χ4n) is 3.92. The lowest BCUT2D eigenvalue weighted by Crippen LogP contribution is -2.51. The van der Waals surface area contributed by atoms with Gasteiger partial charge in [-0.15, -0.1) is 0 Å². The molecule has 0 aliphatic carbocycles. The standard InChI is InChI=1S/C19H24N6O4/c26-16-4-7-24(19(29)21-16)8-5-17(27)22-9-11-23(12-10-22)18(28)14-13-20-25-6-2-1-3-15(14)25/h4,7,13H,1-3,5-6,8-12H2,(H,21,26,29). The molecule has 2 aliphatic heterocycles. The molecule has 154 valence electrons. The summed E-state index contributed by atoms with van der Waals surface area (Å²) in [6.45, 7) is 2.96. The molecule has 4 rings (SSSR count). The predicted octanol–water partition coefficient (Wildman–Crippen LogP) is -0.556. The maximum Gasteiger partial charge on any atom is 0.328 e. The van der Waals surface area contributed by atoms with Crippen LogP contribution in [0.4, 0.5) is 0 Å². The first-order chi connectivity index (χ1) is 14.0. The van der Waals surface area contributed by atoms with Crippen LogP contribution in [0, 0.1) is 0 Å². The number of carbonyl (C=O) groups is 2. The van der Waals surface area contributed by atoms with Crippen molar-refractivity contribution in [2.75, 3.05) is 26.2 Å². The van der Waals surface area contributed by atoms with Gasteiger partial charge in [0, 0.05) is 58.0 Å².